The van der Waals surface area contributed by atoms with Crippen molar-refractivity contribution in [3.63, 3.8) is 0 Å². The molecule has 4 rings (SSSR count). The Morgan fingerprint density at radius 1 is 1.00 bits per heavy atom. The van der Waals surface area contributed by atoms with Gasteiger partial charge in [-0.1, -0.05) is 12.1 Å². The first-order chi connectivity index (χ1) is 14.6. The van der Waals surface area contributed by atoms with E-state index in [2.05, 4.69) is 4.90 Å². The summed E-state index contributed by atoms with van der Waals surface area (Å²) in [7, 11) is 0. The Bertz CT molecular complexity index is 1010. The van der Waals surface area contributed by atoms with Crippen LogP contribution in [0.15, 0.2) is 63.6 Å². The van der Waals surface area contributed by atoms with Crippen LogP contribution < -0.4 is 4.90 Å². The van der Waals surface area contributed by atoms with Gasteiger partial charge in [-0.05, 0) is 43.5 Å². The van der Waals surface area contributed by atoms with Crippen molar-refractivity contribution < 1.29 is 18.6 Å². The summed E-state index contributed by atoms with van der Waals surface area (Å²) in [6.45, 7) is 2.27. The second-order valence-corrected chi connectivity index (χ2v) is 7.30. The summed E-state index contributed by atoms with van der Waals surface area (Å²) in [6.07, 6.45) is 5.03. The predicted molar refractivity (Wildman–Crippen MR) is 110 cm³/mol. The first-order valence-corrected chi connectivity index (χ1v) is 10.0. The van der Waals surface area contributed by atoms with Gasteiger partial charge in [0.25, 0.3) is 11.6 Å². The van der Waals surface area contributed by atoms with E-state index in [-0.39, 0.29) is 24.3 Å². The average Bonchev–Trinajstić information content (AvgIpc) is 3.46. The lowest BCUT2D eigenvalue weighted by atomic mass is 10.1. The maximum Gasteiger partial charge on any atom is 0.282 e. The van der Waals surface area contributed by atoms with Crippen LogP contribution in [0.5, 0.6) is 0 Å². The summed E-state index contributed by atoms with van der Waals surface area (Å²) in [6, 6.07) is 13.2. The lowest BCUT2D eigenvalue weighted by molar-refractivity contribution is -0.385. The van der Waals surface area contributed by atoms with Crippen LogP contribution in [-0.2, 0) is 13.1 Å². The molecule has 30 heavy (non-hydrogen) atoms. The molecule has 1 aliphatic heterocycles. The molecule has 1 aliphatic rings. The lowest BCUT2D eigenvalue weighted by Crippen LogP contribution is -2.30. The topological polar surface area (TPSA) is 93.0 Å². The highest BCUT2D eigenvalue weighted by Gasteiger charge is 2.26. The van der Waals surface area contributed by atoms with E-state index in [4.69, 9.17) is 8.83 Å². The quantitative estimate of drug-likeness (QED) is 0.418. The zero-order valence-electron chi connectivity index (χ0n) is 16.5. The van der Waals surface area contributed by atoms with Crippen molar-refractivity contribution >= 4 is 17.5 Å². The number of hydrogen-bond acceptors (Lipinski definition) is 6. The standard InChI is InChI=1S/C22H23N3O5/c26-22(19-8-2-3-9-20(19)25(27)28)24(15-17-7-6-14-29-17)16-18-10-11-21(30-18)23-12-4-1-5-13-23/h2-3,6-11,14H,1,4-5,12-13,15-16H2. The van der Waals surface area contributed by atoms with Gasteiger partial charge in [0.15, 0.2) is 5.88 Å². The van der Waals surface area contributed by atoms with Crippen LogP contribution in [0.25, 0.3) is 0 Å². The average molecular weight is 409 g/mol. The minimum Gasteiger partial charge on any atom is -0.467 e. The second-order valence-electron chi connectivity index (χ2n) is 7.30. The van der Waals surface area contributed by atoms with Crippen molar-refractivity contribution in [3.8, 4) is 0 Å². The molecule has 1 aromatic carbocycles. The van der Waals surface area contributed by atoms with Crippen LogP contribution >= 0.6 is 0 Å². The van der Waals surface area contributed by atoms with Gasteiger partial charge in [-0.2, -0.15) is 0 Å². The number of piperidine rings is 1. The number of hydrogen-bond donors (Lipinski definition) is 0. The van der Waals surface area contributed by atoms with Crippen molar-refractivity contribution in [1.82, 2.24) is 4.90 Å². The van der Waals surface area contributed by atoms with E-state index in [1.165, 1.54) is 29.7 Å². The van der Waals surface area contributed by atoms with Gasteiger partial charge < -0.3 is 18.6 Å². The molecule has 1 saturated heterocycles. The Balaban J connectivity index is 1.58. The molecule has 8 nitrogen and oxygen atoms in total. The highest BCUT2D eigenvalue weighted by atomic mass is 16.6. The number of nitrogens with zero attached hydrogens (tertiary/aromatic N) is 3. The predicted octanol–water partition coefficient (Wildman–Crippen LogP) is 4.61. The highest BCUT2D eigenvalue weighted by molar-refractivity contribution is 5.98. The molecule has 156 valence electrons. The minimum atomic E-state index is -0.542. The summed E-state index contributed by atoms with van der Waals surface area (Å²) in [4.78, 5) is 27.8. The summed E-state index contributed by atoms with van der Waals surface area (Å²) in [5, 5.41) is 11.4. The number of furan rings is 2. The van der Waals surface area contributed by atoms with Crippen molar-refractivity contribution in [1.29, 1.82) is 0 Å². The SMILES string of the molecule is O=C(c1ccccc1[N+](=O)[O-])N(Cc1ccco1)Cc1ccc(N2CCCCC2)o1. The van der Waals surface area contributed by atoms with Gasteiger partial charge in [-0.3, -0.25) is 14.9 Å². The number of carbonyl (C=O) groups is 1. The molecule has 0 N–H and O–H groups in total. The van der Waals surface area contributed by atoms with Gasteiger partial charge >= 0.3 is 0 Å². The summed E-state index contributed by atoms with van der Waals surface area (Å²) in [5.74, 6) is 1.55. The van der Waals surface area contributed by atoms with Crippen LogP contribution in [0, 0.1) is 10.1 Å². The molecule has 2 aromatic heterocycles. The number of benzene rings is 1. The third-order valence-electron chi connectivity index (χ3n) is 5.21. The third kappa shape index (κ3) is 4.37. The number of rotatable bonds is 7. The van der Waals surface area contributed by atoms with Gasteiger partial charge in [-0.15, -0.1) is 0 Å². The van der Waals surface area contributed by atoms with Crippen LogP contribution in [0.3, 0.4) is 0 Å². The summed E-state index contributed by atoms with van der Waals surface area (Å²) < 4.78 is 11.4. The van der Waals surface area contributed by atoms with Crippen molar-refractivity contribution in [2.75, 3.05) is 18.0 Å². The number of nitro benzene ring substituents is 1. The van der Waals surface area contributed by atoms with Crippen LogP contribution in [-0.4, -0.2) is 28.8 Å². The molecule has 1 amide bonds. The number of amides is 1. The molecule has 3 heterocycles. The normalized spacial score (nSPS) is 13.9. The minimum absolute atomic E-state index is 0.0388. The molecule has 1 fully saturated rings. The summed E-state index contributed by atoms with van der Waals surface area (Å²) >= 11 is 0. The zero-order chi connectivity index (χ0) is 20.9. The van der Waals surface area contributed by atoms with Gasteiger partial charge in [0, 0.05) is 25.2 Å². The molecule has 0 radical (unpaired) electrons. The lowest BCUT2D eigenvalue weighted by Gasteiger charge is -2.26. The Morgan fingerprint density at radius 2 is 1.77 bits per heavy atom. The van der Waals surface area contributed by atoms with Crippen LogP contribution in [0.2, 0.25) is 0 Å². The number of para-hydroxylation sites is 1. The van der Waals surface area contributed by atoms with Crippen molar-refractivity contribution in [3.05, 3.63) is 82.0 Å². The number of anilines is 1. The van der Waals surface area contributed by atoms with E-state index in [1.54, 1.807) is 24.3 Å². The Labute approximate surface area is 173 Å². The van der Waals surface area contributed by atoms with E-state index in [9.17, 15) is 14.9 Å². The maximum atomic E-state index is 13.2. The molecular weight excluding hydrogens is 386 g/mol. The van der Waals surface area contributed by atoms with Gasteiger partial charge in [0.05, 0.1) is 24.3 Å². The fourth-order valence-corrected chi connectivity index (χ4v) is 3.70. The molecule has 0 bridgehead atoms. The third-order valence-corrected chi connectivity index (χ3v) is 5.21. The Morgan fingerprint density at radius 3 is 2.50 bits per heavy atom. The Kier molecular flexibility index (Phi) is 5.83. The van der Waals surface area contributed by atoms with E-state index < -0.39 is 10.8 Å². The Hall–Kier alpha value is -3.55. The molecule has 0 saturated carbocycles. The van der Waals surface area contributed by atoms with E-state index in [1.807, 2.05) is 12.1 Å². The van der Waals surface area contributed by atoms with Crippen LogP contribution in [0.4, 0.5) is 11.6 Å². The van der Waals surface area contributed by atoms with E-state index >= 15 is 0 Å². The smallest absolute Gasteiger partial charge is 0.282 e. The van der Waals surface area contributed by atoms with Crippen molar-refractivity contribution in [2.24, 2.45) is 0 Å². The van der Waals surface area contributed by atoms with Gasteiger partial charge in [0.1, 0.15) is 17.1 Å². The van der Waals surface area contributed by atoms with E-state index in [0.29, 0.717) is 11.5 Å². The highest BCUT2D eigenvalue weighted by Crippen LogP contribution is 2.26. The van der Waals surface area contributed by atoms with Gasteiger partial charge in [0.2, 0.25) is 0 Å². The van der Waals surface area contributed by atoms with Crippen LogP contribution in [0.1, 0.15) is 41.1 Å². The molecule has 0 atom stereocenters. The molecule has 0 aliphatic carbocycles. The summed E-state index contributed by atoms with van der Waals surface area (Å²) in [5.41, 5.74) is -0.183. The molecule has 8 heteroatoms. The maximum absolute atomic E-state index is 13.2. The first kappa shape index (κ1) is 19.8. The number of nitro groups is 1. The molecule has 0 unspecified atom stereocenters. The molecule has 0 spiro atoms. The molecule has 3 aromatic rings. The largest absolute Gasteiger partial charge is 0.467 e. The first-order valence-electron chi connectivity index (χ1n) is 10.0. The zero-order valence-corrected chi connectivity index (χ0v) is 16.5. The van der Waals surface area contributed by atoms with Gasteiger partial charge in [-0.25, -0.2) is 0 Å². The fourth-order valence-electron chi connectivity index (χ4n) is 3.70. The fraction of sp³-hybridized carbons (Fsp3) is 0.318. The monoisotopic (exact) mass is 409 g/mol. The second kappa shape index (κ2) is 8.86. The molecular formula is C22H23N3O5. The number of carbonyl (C=O) groups excluding carboxylic acids is 1. The van der Waals surface area contributed by atoms with E-state index in [0.717, 1.165) is 31.8 Å². The van der Waals surface area contributed by atoms with Crippen molar-refractivity contribution in [2.45, 2.75) is 32.4 Å².